The third-order valence-electron chi connectivity index (χ3n) is 9.70. The molecule has 232 valence electrons. The lowest BCUT2D eigenvalue weighted by molar-refractivity contribution is 1.15. The van der Waals surface area contributed by atoms with Crippen molar-refractivity contribution in [1.29, 1.82) is 0 Å². The van der Waals surface area contributed by atoms with E-state index < -0.39 is 0 Å². The Bertz CT molecular complexity index is 2790. The SMILES string of the molecule is c1ccc2nc(-c3ccc(-c4nc(-c5cc6ccccc6c6ccccc56)cc(-c5cc6ccccc6c6ccccc56)n4)nc3)ccc2c1. The third-order valence-corrected chi connectivity index (χ3v) is 9.70. The Balaban J connectivity index is 1.21. The number of hydrogen-bond donors (Lipinski definition) is 0. The molecule has 0 fully saturated rings. The summed E-state index contributed by atoms with van der Waals surface area (Å²) in [5.74, 6) is 0.574. The van der Waals surface area contributed by atoms with Crippen molar-refractivity contribution in [2.24, 2.45) is 0 Å². The number of rotatable bonds is 4. The van der Waals surface area contributed by atoms with Crippen LogP contribution in [0.4, 0.5) is 0 Å². The monoisotopic (exact) mass is 636 g/mol. The predicted molar refractivity (Wildman–Crippen MR) is 207 cm³/mol. The molecule has 0 saturated heterocycles. The standard InChI is InChI=1S/C46H28N4/c1-4-14-33-30(12-1)25-39(37-18-8-6-16-35(33)37)44-27-45(40-26-31-13-2-5-15-34(31)36-17-7-9-19-38(36)40)50-46(49-44)43-24-22-32(28-47-43)42-23-21-29-11-3-10-20-41(29)48-42/h1-28H. The molecule has 50 heavy (non-hydrogen) atoms. The summed E-state index contributed by atoms with van der Waals surface area (Å²) in [6.07, 6.45) is 1.87. The number of para-hydroxylation sites is 1. The van der Waals surface area contributed by atoms with E-state index in [9.17, 15) is 0 Å². The summed E-state index contributed by atoms with van der Waals surface area (Å²) in [6.45, 7) is 0. The van der Waals surface area contributed by atoms with Gasteiger partial charge >= 0.3 is 0 Å². The maximum atomic E-state index is 5.25. The summed E-state index contributed by atoms with van der Waals surface area (Å²) in [6, 6.07) is 57.3. The molecule has 0 unspecified atom stereocenters. The van der Waals surface area contributed by atoms with Crippen LogP contribution in [0, 0.1) is 0 Å². The van der Waals surface area contributed by atoms with Gasteiger partial charge in [0, 0.05) is 28.3 Å². The molecule has 0 aliphatic carbocycles. The third kappa shape index (κ3) is 4.69. The Kier molecular flexibility index (Phi) is 6.46. The minimum absolute atomic E-state index is 0.574. The van der Waals surface area contributed by atoms with E-state index in [1.54, 1.807) is 0 Å². The largest absolute Gasteiger partial charge is 0.252 e. The first-order valence-corrected chi connectivity index (χ1v) is 16.8. The maximum absolute atomic E-state index is 5.25. The molecule has 4 heteroatoms. The van der Waals surface area contributed by atoms with Gasteiger partial charge in [0.1, 0.15) is 5.69 Å². The lowest BCUT2D eigenvalue weighted by Crippen LogP contribution is -1.99. The Morgan fingerprint density at radius 2 is 0.820 bits per heavy atom. The van der Waals surface area contributed by atoms with Crippen molar-refractivity contribution < 1.29 is 0 Å². The second-order valence-electron chi connectivity index (χ2n) is 12.7. The quantitative estimate of drug-likeness (QED) is 0.180. The van der Waals surface area contributed by atoms with Crippen molar-refractivity contribution in [1.82, 2.24) is 19.9 Å². The van der Waals surface area contributed by atoms with Crippen LogP contribution in [0.25, 0.3) is 99.3 Å². The maximum Gasteiger partial charge on any atom is 0.179 e. The first-order chi connectivity index (χ1) is 24.8. The first-order valence-electron chi connectivity index (χ1n) is 16.8. The second-order valence-corrected chi connectivity index (χ2v) is 12.7. The van der Waals surface area contributed by atoms with Crippen LogP contribution in [0.5, 0.6) is 0 Å². The van der Waals surface area contributed by atoms with Crippen molar-refractivity contribution in [3.8, 4) is 45.3 Å². The average molecular weight is 637 g/mol. The fourth-order valence-corrected chi connectivity index (χ4v) is 7.27. The predicted octanol–water partition coefficient (Wildman–Crippen LogP) is 11.7. The van der Waals surface area contributed by atoms with Gasteiger partial charge in [-0.2, -0.15) is 0 Å². The van der Waals surface area contributed by atoms with E-state index in [4.69, 9.17) is 19.9 Å². The topological polar surface area (TPSA) is 51.6 Å². The van der Waals surface area contributed by atoms with Gasteiger partial charge in [0.05, 0.1) is 22.6 Å². The van der Waals surface area contributed by atoms with Gasteiger partial charge in [-0.25, -0.2) is 15.0 Å². The molecule has 4 nitrogen and oxygen atoms in total. The summed E-state index contributed by atoms with van der Waals surface area (Å²) in [5, 5.41) is 10.6. The lowest BCUT2D eigenvalue weighted by atomic mass is 9.93. The van der Waals surface area contributed by atoms with E-state index in [1.807, 2.05) is 36.5 Å². The van der Waals surface area contributed by atoms with E-state index in [2.05, 4.69) is 133 Å². The molecule has 0 bridgehead atoms. The molecule has 0 atom stereocenters. The van der Waals surface area contributed by atoms with Gasteiger partial charge in [0.2, 0.25) is 0 Å². The van der Waals surface area contributed by atoms with Crippen LogP contribution in [0.1, 0.15) is 0 Å². The van der Waals surface area contributed by atoms with Crippen LogP contribution in [0.3, 0.4) is 0 Å². The summed E-state index contributed by atoms with van der Waals surface area (Å²) in [5.41, 5.74) is 7.31. The molecule has 0 amide bonds. The Hall–Kier alpha value is -6.78. The van der Waals surface area contributed by atoms with Gasteiger partial charge < -0.3 is 0 Å². The second kappa shape index (κ2) is 11.4. The molecule has 3 aromatic heterocycles. The fraction of sp³-hybridized carbons (Fsp3) is 0. The number of pyridine rings is 2. The molecule has 3 heterocycles. The Morgan fingerprint density at radius 3 is 1.40 bits per heavy atom. The van der Waals surface area contributed by atoms with Crippen LogP contribution < -0.4 is 0 Å². The molecule has 10 aromatic rings. The lowest BCUT2D eigenvalue weighted by Gasteiger charge is -2.15. The fourth-order valence-electron chi connectivity index (χ4n) is 7.27. The normalized spacial score (nSPS) is 11.6. The van der Waals surface area contributed by atoms with Crippen molar-refractivity contribution in [2.75, 3.05) is 0 Å². The molecule has 10 rings (SSSR count). The molecule has 7 aromatic carbocycles. The summed E-state index contributed by atoms with van der Waals surface area (Å²) < 4.78 is 0. The van der Waals surface area contributed by atoms with Crippen LogP contribution in [0.2, 0.25) is 0 Å². The first kappa shape index (κ1) is 28.3. The molecular weight excluding hydrogens is 609 g/mol. The van der Waals surface area contributed by atoms with E-state index >= 15 is 0 Å². The van der Waals surface area contributed by atoms with E-state index in [0.29, 0.717) is 11.5 Å². The molecule has 0 radical (unpaired) electrons. The highest BCUT2D eigenvalue weighted by atomic mass is 14.9. The number of benzene rings is 7. The number of aromatic nitrogens is 4. The summed E-state index contributed by atoms with van der Waals surface area (Å²) in [4.78, 5) is 20.3. The van der Waals surface area contributed by atoms with Crippen molar-refractivity contribution in [3.05, 3.63) is 170 Å². The Labute approximate surface area is 288 Å². The van der Waals surface area contributed by atoms with E-state index in [-0.39, 0.29) is 0 Å². The van der Waals surface area contributed by atoms with Crippen LogP contribution in [-0.2, 0) is 0 Å². The van der Waals surface area contributed by atoms with Gasteiger partial charge in [-0.3, -0.25) is 4.98 Å². The van der Waals surface area contributed by atoms with Gasteiger partial charge in [-0.05, 0) is 85.6 Å². The van der Waals surface area contributed by atoms with Crippen molar-refractivity contribution in [2.45, 2.75) is 0 Å². The number of hydrogen-bond acceptors (Lipinski definition) is 4. The zero-order valence-corrected chi connectivity index (χ0v) is 27.0. The molecule has 0 aliphatic rings. The molecule has 0 N–H and O–H groups in total. The van der Waals surface area contributed by atoms with Gasteiger partial charge in [-0.1, -0.05) is 121 Å². The zero-order valence-electron chi connectivity index (χ0n) is 27.0. The highest BCUT2D eigenvalue weighted by molar-refractivity contribution is 6.15. The summed E-state index contributed by atoms with van der Waals surface area (Å²) >= 11 is 0. The van der Waals surface area contributed by atoms with Crippen LogP contribution in [-0.4, -0.2) is 19.9 Å². The smallest absolute Gasteiger partial charge is 0.179 e. The van der Waals surface area contributed by atoms with Crippen LogP contribution >= 0.6 is 0 Å². The Morgan fingerprint density at radius 1 is 0.320 bits per heavy atom. The number of nitrogens with zero attached hydrogens (tertiary/aromatic N) is 4. The minimum Gasteiger partial charge on any atom is -0.252 e. The van der Waals surface area contributed by atoms with Gasteiger partial charge in [-0.15, -0.1) is 0 Å². The van der Waals surface area contributed by atoms with Gasteiger partial charge in [0.25, 0.3) is 0 Å². The highest BCUT2D eigenvalue weighted by Gasteiger charge is 2.17. The van der Waals surface area contributed by atoms with Gasteiger partial charge in [0.15, 0.2) is 5.82 Å². The molecule has 0 spiro atoms. The molecule has 0 saturated carbocycles. The van der Waals surface area contributed by atoms with Crippen LogP contribution in [0.15, 0.2) is 170 Å². The van der Waals surface area contributed by atoms with Crippen molar-refractivity contribution >= 4 is 54.0 Å². The van der Waals surface area contributed by atoms with E-state index in [1.165, 1.54) is 32.3 Å². The minimum atomic E-state index is 0.574. The zero-order chi connectivity index (χ0) is 33.0. The van der Waals surface area contributed by atoms with E-state index in [0.717, 1.165) is 55.4 Å². The summed E-state index contributed by atoms with van der Waals surface area (Å²) in [7, 11) is 0. The van der Waals surface area contributed by atoms with Crippen molar-refractivity contribution in [3.63, 3.8) is 0 Å². The average Bonchev–Trinajstić information content (AvgIpc) is 3.20. The molecule has 0 aliphatic heterocycles. The molecular formula is C46H28N4. The number of fused-ring (bicyclic) bond motifs is 7. The highest BCUT2D eigenvalue weighted by Crippen LogP contribution is 2.39.